The molecule has 0 aromatic heterocycles. The number of nitrogens with one attached hydrogen (secondary N) is 3. The molecule has 0 radical (unpaired) electrons. The maximum absolute atomic E-state index is 11.9. The van der Waals surface area contributed by atoms with Crippen LogP contribution >= 0.6 is 0 Å². The van der Waals surface area contributed by atoms with Crippen LogP contribution in [0.3, 0.4) is 0 Å². The molecule has 1 unspecified atom stereocenters. The van der Waals surface area contributed by atoms with Gasteiger partial charge in [0.15, 0.2) is 0 Å². The number of carbonyl (C=O) groups is 1. The number of piperidine rings is 1. The van der Waals surface area contributed by atoms with Crippen molar-refractivity contribution < 1.29 is 4.79 Å². The highest BCUT2D eigenvalue weighted by Crippen LogP contribution is 2.40. The quantitative estimate of drug-likeness (QED) is 0.738. The number of carbonyl (C=O) groups excluding carboxylic acids is 1. The van der Waals surface area contributed by atoms with Gasteiger partial charge < -0.3 is 16.0 Å². The monoisotopic (exact) mass is 287 g/mol. The molecule has 0 bridgehead atoms. The lowest BCUT2D eigenvalue weighted by atomic mass is 9.98. The van der Waals surface area contributed by atoms with Gasteiger partial charge in [0.1, 0.15) is 0 Å². The van der Waals surface area contributed by atoms with Gasteiger partial charge in [-0.25, -0.2) is 0 Å². The van der Waals surface area contributed by atoms with Crippen molar-refractivity contribution >= 4 is 5.91 Å². The zero-order valence-electron chi connectivity index (χ0n) is 12.5. The zero-order valence-corrected chi connectivity index (χ0v) is 12.5. The summed E-state index contributed by atoms with van der Waals surface area (Å²) < 4.78 is 0. The molecule has 2 aliphatic rings. The lowest BCUT2D eigenvalue weighted by molar-refractivity contribution is -0.120. The molecule has 2 fully saturated rings. The maximum Gasteiger partial charge on any atom is 0.233 e. The van der Waals surface area contributed by atoms with Crippen molar-refractivity contribution in [3.8, 4) is 0 Å². The number of amides is 1. The number of hydrogen-bond acceptors (Lipinski definition) is 3. The Hall–Kier alpha value is -1.39. The molecule has 2 atom stereocenters. The third-order valence-corrected chi connectivity index (χ3v) is 4.59. The number of benzene rings is 1. The fraction of sp³-hybridized carbons (Fsp3) is 0.588. The first-order chi connectivity index (χ1) is 10.3. The van der Waals surface area contributed by atoms with Gasteiger partial charge in [-0.3, -0.25) is 4.79 Å². The topological polar surface area (TPSA) is 53.2 Å². The van der Waals surface area contributed by atoms with Crippen molar-refractivity contribution in [2.24, 2.45) is 5.92 Å². The van der Waals surface area contributed by atoms with E-state index in [1.165, 1.54) is 18.4 Å². The zero-order chi connectivity index (χ0) is 14.5. The van der Waals surface area contributed by atoms with E-state index in [9.17, 15) is 4.79 Å². The minimum Gasteiger partial charge on any atom is -0.355 e. The van der Waals surface area contributed by atoms with Crippen LogP contribution in [0, 0.1) is 5.92 Å². The predicted molar refractivity (Wildman–Crippen MR) is 84.2 cm³/mol. The standard InChI is InChI=1S/C17H25N3O/c21-17(20-11-13-6-8-18-9-7-13)12-19-16-10-15(16)14-4-2-1-3-5-14/h1-5,13,15-16,18-19H,6-12H2,(H,20,21)/t15?,16-/m0/s1. The van der Waals surface area contributed by atoms with Crippen LogP contribution in [0.25, 0.3) is 0 Å². The van der Waals surface area contributed by atoms with Crippen molar-refractivity contribution in [1.29, 1.82) is 0 Å². The number of hydrogen-bond donors (Lipinski definition) is 3. The molecule has 114 valence electrons. The molecule has 4 nitrogen and oxygen atoms in total. The molecule has 1 saturated heterocycles. The van der Waals surface area contributed by atoms with Crippen LogP contribution in [0.2, 0.25) is 0 Å². The van der Waals surface area contributed by atoms with E-state index >= 15 is 0 Å². The predicted octanol–water partition coefficient (Wildman–Crippen LogP) is 1.25. The first-order valence-electron chi connectivity index (χ1n) is 8.08. The van der Waals surface area contributed by atoms with Gasteiger partial charge in [0.05, 0.1) is 6.54 Å². The molecule has 3 rings (SSSR count). The van der Waals surface area contributed by atoms with Crippen LogP contribution in [0.5, 0.6) is 0 Å². The summed E-state index contributed by atoms with van der Waals surface area (Å²) in [5.41, 5.74) is 1.38. The molecule has 1 aliphatic heterocycles. The Kier molecular flexibility index (Phi) is 4.88. The second-order valence-corrected chi connectivity index (χ2v) is 6.24. The van der Waals surface area contributed by atoms with Gasteiger partial charge in [-0.2, -0.15) is 0 Å². The van der Waals surface area contributed by atoms with Crippen molar-refractivity contribution in [2.45, 2.75) is 31.2 Å². The van der Waals surface area contributed by atoms with Gasteiger partial charge in [0, 0.05) is 18.5 Å². The number of rotatable bonds is 6. The van der Waals surface area contributed by atoms with E-state index in [0.717, 1.165) is 26.1 Å². The highest BCUT2D eigenvalue weighted by atomic mass is 16.1. The third kappa shape index (κ3) is 4.29. The Morgan fingerprint density at radius 3 is 2.71 bits per heavy atom. The summed E-state index contributed by atoms with van der Waals surface area (Å²) >= 11 is 0. The molecule has 0 spiro atoms. The average molecular weight is 287 g/mol. The molecular formula is C17H25N3O. The summed E-state index contributed by atoms with van der Waals surface area (Å²) in [5.74, 6) is 1.36. The fourth-order valence-electron chi connectivity index (χ4n) is 3.12. The molecule has 1 saturated carbocycles. The van der Waals surface area contributed by atoms with Gasteiger partial charge >= 0.3 is 0 Å². The Morgan fingerprint density at radius 1 is 1.19 bits per heavy atom. The van der Waals surface area contributed by atoms with Gasteiger partial charge in [0.25, 0.3) is 0 Å². The van der Waals surface area contributed by atoms with Gasteiger partial charge in [0.2, 0.25) is 5.91 Å². The Balaban J connectivity index is 1.32. The van der Waals surface area contributed by atoms with E-state index in [0.29, 0.717) is 24.4 Å². The molecule has 1 heterocycles. The summed E-state index contributed by atoms with van der Waals surface area (Å²) in [4.78, 5) is 11.9. The highest BCUT2D eigenvalue weighted by molar-refractivity contribution is 5.78. The van der Waals surface area contributed by atoms with Crippen molar-refractivity contribution in [3.05, 3.63) is 35.9 Å². The largest absolute Gasteiger partial charge is 0.355 e. The molecule has 21 heavy (non-hydrogen) atoms. The van der Waals surface area contributed by atoms with Crippen molar-refractivity contribution in [1.82, 2.24) is 16.0 Å². The van der Waals surface area contributed by atoms with Crippen molar-refractivity contribution in [2.75, 3.05) is 26.2 Å². The van der Waals surface area contributed by atoms with E-state index in [-0.39, 0.29) is 5.91 Å². The van der Waals surface area contributed by atoms with E-state index in [2.05, 4.69) is 40.2 Å². The van der Waals surface area contributed by atoms with Crippen LogP contribution in [-0.2, 0) is 4.79 Å². The van der Waals surface area contributed by atoms with E-state index in [4.69, 9.17) is 0 Å². The second-order valence-electron chi connectivity index (χ2n) is 6.24. The van der Waals surface area contributed by atoms with Crippen LogP contribution in [-0.4, -0.2) is 38.1 Å². The highest BCUT2D eigenvalue weighted by Gasteiger charge is 2.37. The van der Waals surface area contributed by atoms with E-state index < -0.39 is 0 Å². The Bertz CT molecular complexity index is 456. The van der Waals surface area contributed by atoms with Crippen LogP contribution < -0.4 is 16.0 Å². The summed E-state index contributed by atoms with van der Waals surface area (Å²) in [6.45, 7) is 3.44. The molecule has 3 N–H and O–H groups in total. The van der Waals surface area contributed by atoms with Gasteiger partial charge in [-0.05, 0) is 43.8 Å². The van der Waals surface area contributed by atoms with Crippen LogP contribution in [0.4, 0.5) is 0 Å². The molecule has 4 heteroatoms. The summed E-state index contributed by atoms with van der Waals surface area (Å²) in [6, 6.07) is 11.0. The molecular weight excluding hydrogens is 262 g/mol. The lowest BCUT2D eigenvalue weighted by Gasteiger charge is -2.22. The summed E-state index contributed by atoms with van der Waals surface area (Å²) in [6.07, 6.45) is 3.49. The SMILES string of the molecule is O=C(CN[C@H]1CC1c1ccccc1)NCC1CCNCC1. The molecule has 1 amide bonds. The normalized spacial score (nSPS) is 25.5. The Labute approximate surface area is 126 Å². The van der Waals surface area contributed by atoms with Crippen molar-refractivity contribution in [3.63, 3.8) is 0 Å². The maximum atomic E-state index is 11.9. The second kappa shape index (κ2) is 7.05. The third-order valence-electron chi connectivity index (χ3n) is 4.59. The van der Waals surface area contributed by atoms with E-state index in [1.54, 1.807) is 0 Å². The summed E-state index contributed by atoms with van der Waals surface area (Å²) in [7, 11) is 0. The average Bonchev–Trinajstić information content (AvgIpc) is 3.32. The minimum absolute atomic E-state index is 0.132. The fourth-order valence-corrected chi connectivity index (χ4v) is 3.12. The Morgan fingerprint density at radius 2 is 1.95 bits per heavy atom. The molecule has 1 aromatic rings. The van der Waals surface area contributed by atoms with Gasteiger partial charge in [-0.1, -0.05) is 30.3 Å². The lowest BCUT2D eigenvalue weighted by Crippen LogP contribution is -2.40. The summed E-state index contributed by atoms with van der Waals surface area (Å²) in [5, 5.41) is 9.78. The van der Waals surface area contributed by atoms with Crippen LogP contribution in [0.1, 0.15) is 30.7 Å². The van der Waals surface area contributed by atoms with E-state index in [1.807, 2.05) is 6.07 Å². The molecule has 1 aromatic carbocycles. The van der Waals surface area contributed by atoms with Crippen LogP contribution in [0.15, 0.2) is 30.3 Å². The first-order valence-corrected chi connectivity index (χ1v) is 8.08. The smallest absolute Gasteiger partial charge is 0.233 e. The van der Waals surface area contributed by atoms with Gasteiger partial charge in [-0.15, -0.1) is 0 Å². The molecule has 1 aliphatic carbocycles. The minimum atomic E-state index is 0.132. The first kappa shape index (κ1) is 14.5.